The van der Waals surface area contributed by atoms with Crippen LogP contribution in [0.25, 0.3) is 11.1 Å². The van der Waals surface area contributed by atoms with Gasteiger partial charge in [0.25, 0.3) is 11.5 Å². The molecule has 0 aliphatic carbocycles. The van der Waals surface area contributed by atoms with Gasteiger partial charge in [-0.15, -0.1) is 0 Å². The summed E-state index contributed by atoms with van der Waals surface area (Å²) >= 11 is 0. The van der Waals surface area contributed by atoms with Gasteiger partial charge >= 0.3 is 6.18 Å². The predicted molar refractivity (Wildman–Crippen MR) is 123 cm³/mol. The molecule has 1 unspecified atom stereocenters. The molecule has 1 aliphatic rings. The van der Waals surface area contributed by atoms with Crippen LogP contribution in [0.5, 0.6) is 0 Å². The Hall–Kier alpha value is -4.22. The van der Waals surface area contributed by atoms with Crippen LogP contribution in [0, 0.1) is 0 Å². The van der Waals surface area contributed by atoms with E-state index in [0.717, 1.165) is 12.3 Å². The summed E-state index contributed by atoms with van der Waals surface area (Å²) in [5.74, 6) is -0.470. The van der Waals surface area contributed by atoms with Gasteiger partial charge in [-0.25, -0.2) is 4.98 Å². The zero-order valence-corrected chi connectivity index (χ0v) is 19.0. The molecule has 182 valence electrons. The Morgan fingerprint density at radius 1 is 1.17 bits per heavy atom. The van der Waals surface area contributed by atoms with Crippen LogP contribution < -0.4 is 16.3 Å². The van der Waals surface area contributed by atoms with E-state index in [1.54, 1.807) is 24.5 Å². The Morgan fingerprint density at radius 2 is 1.94 bits per heavy atom. The largest absolute Gasteiger partial charge is 0.433 e. The molecule has 3 aromatic heterocycles. The lowest BCUT2D eigenvalue weighted by Gasteiger charge is -2.27. The Morgan fingerprint density at radius 3 is 2.60 bits per heavy atom. The smallest absolute Gasteiger partial charge is 0.332 e. The number of carbonyl (C=O) groups is 1. The number of carbonyl (C=O) groups excluding carboxylic acids is 1. The van der Waals surface area contributed by atoms with Gasteiger partial charge < -0.3 is 14.8 Å². The Labute approximate surface area is 198 Å². The summed E-state index contributed by atoms with van der Waals surface area (Å²) in [5, 5.41) is 6.70. The van der Waals surface area contributed by atoms with Crippen LogP contribution >= 0.6 is 0 Å². The molecule has 0 aromatic carbocycles. The number of pyridine rings is 3. The van der Waals surface area contributed by atoms with Gasteiger partial charge in [-0.05, 0) is 38.1 Å². The standard InChI is InChI=1S/C23H22F3N7O2/c1-13(2)33-12-28-31-20(33)17-5-4-6-19(29-17)30-21(34)16-9-15(11-32(3)22(16)35)14-7-8-18(27-10-14)23(24,25)26/h4-13,20,31H,1-3H3,(H,29,30,34). The molecule has 1 aliphatic heterocycles. The Bertz CT molecular complexity index is 1330. The van der Waals surface area contributed by atoms with Crippen LogP contribution in [0.2, 0.25) is 0 Å². The first-order chi connectivity index (χ1) is 16.5. The van der Waals surface area contributed by atoms with Gasteiger partial charge in [0.15, 0.2) is 6.17 Å². The fourth-order valence-electron chi connectivity index (χ4n) is 3.58. The van der Waals surface area contributed by atoms with Crippen molar-refractivity contribution >= 4 is 18.1 Å². The van der Waals surface area contributed by atoms with Crippen molar-refractivity contribution in [1.29, 1.82) is 0 Å². The maximum Gasteiger partial charge on any atom is 0.433 e. The molecule has 0 spiro atoms. The second-order valence-electron chi connectivity index (χ2n) is 8.21. The highest BCUT2D eigenvalue weighted by Crippen LogP contribution is 2.29. The molecule has 4 rings (SSSR count). The van der Waals surface area contributed by atoms with Gasteiger partial charge in [0.2, 0.25) is 0 Å². The van der Waals surface area contributed by atoms with E-state index in [9.17, 15) is 22.8 Å². The summed E-state index contributed by atoms with van der Waals surface area (Å²) in [7, 11) is 1.45. The summed E-state index contributed by atoms with van der Waals surface area (Å²) in [4.78, 5) is 35.5. The molecule has 1 atom stereocenters. The van der Waals surface area contributed by atoms with Gasteiger partial charge in [-0.3, -0.25) is 20.0 Å². The maximum atomic E-state index is 13.0. The van der Waals surface area contributed by atoms with Crippen molar-refractivity contribution in [3.05, 3.63) is 76.1 Å². The number of hydrogen-bond donors (Lipinski definition) is 2. The van der Waals surface area contributed by atoms with Crippen molar-refractivity contribution in [3.63, 3.8) is 0 Å². The number of rotatable bonds is 5. The molecule has 3 aromatic rings. The van der Waals surface area contributed by atoms with Crippen LogP contribution in [-0.4, -0.2) is 37.7 Å². The third kappa shape index (κ3) is 5.00. The van der Waals surface area contributed by atoms with Crippen molar-refractivity contribution in [1.82, 2.24) is 24.9 Å². The zero-order chi connectivity index (χ0) is 25.3. The molecule has 9 nitrogen and oxygen atoms in total. The number of alkyl halides is 3. The molecule has 35 heavy (non-hydrogen) atoms. The number of aromatic nitrogens is 3. The van der Waals surface area contributed by atoms with Crippen LogP contribution in [0.15, 0.2) is 58.7 Å². The lowest BCUT2D eigenvalue weighted by atomic mass is 10.1. The van der Waals surface area contributed by atoms with Gasteiger partial charge in [-0.1, -0.05) is 12.1 Å². The number of anilines is 1. The second-order valence-corrected chi connectivity index (χ2v) is 8.21. The van der Waals surface area contributed by atoms with E-state index in [0.29, 0.717) is 16.8 Å². The first kappa shape index (κ1) is 23.9. The van der Waals surface area contributed by atoms with Crippen LogP contribution in [-0.2, 0) is 13.2 Å². The van der Waals surface area contributed by atoms with Crippen molar-refractivity contribution < 1.29 is 18.0 Å². The van der Waals surface area contributed by atoms with E-state index in [1.165, 1.54) is 29.9 Å². The number of halogens is 3. The van der Waals surface area contributed by atoms with Crippen molar-refractivity contribution in [2.24, 2.45) is 12.1 Å². The van der Waals surface area contributed by atoms with Crippen LogP contribution in [0.4, 0.5) is 19.0 Å². The molecule has 0 radical (unpaired) electrons. The lowest BCUT2D eigenvalue weighted by molar-refractivity contribution is -0.141. The molecule has 0 bridgehead atoms. The normalized spacial score (nSPS) is 15.4. The zero-order valence-electron chi connectivity index (χ0n) is 19.0. The average Bonchev–Trinajstić information content (AvgIpc) is 3.31. The Kier molecular flexibility index (Phi) is 6.29. The van der Waals surface area contributed by atoms with Gasteiger partial charge in [0.1, 0.15) is 23.4 Å². The number of aryl methyl sites for hydroxylation is 1. The minimum absolute atomic E-state index is 0.157. The number of nitrogens with one attached hydrogen (secondary N) is 2. The van der Waals surface area contributed by atoms with Crippen molar-refractivity contribution in [2.45, 2.75) is 32.2 Å². The molecule has 2 N–H and O–H groups in total. The number of nitrogens with zero attached hydrogens (tertiary/aromatic N) is 5. The van der Waals surface area contributed by atoms with Crippen LogP contribution in [0.3, 0.4) is 0 Å². The fraction of sp³-hybridized carbons (Fsp3) is 0.261. The van der Waals surface area contributed by atoms with Gasteiger partial charge in [0, 0.05) is 36.6 Å². The second kappa shape index (κ2) is 9.20. The average molecular weight is 485 g/mol. The summed E-state index contributed by atoms with van der Waals surface area (Å²) in [6, 6.07) is 8.65. The predicted octanol–water partition coefficient (Wildman–Crippen LogP) is 3.37. The molecular formula is C23H22F3N7O2. The van der Waals surface area contributed by atoms with E-state index in [-0.39, 0.29) is 23.6 Å². The minimum atomic E-state index is -4.57. The third-order valence-electron chi connectivity index (χ3n) is 5.39. The SMILES string of the molecule is CC(C)N1C=NNC1c1cccc(NC(=O)c2cc(-c3ccc(C(F)(F)F)nc3)cn(C)c2=O)n1. The fourth-order valence-corrected chi connectivity index (χ4v) is 3.58. The monoisotopic (exact) mass is 485 g/mol. The highest BCUT2D eigenvalue weighted by molar-refractivity contribution is 6.04. The molecular weight excluding hydrogens is 463 g/mol. The van der Waals surface area contributed by atoms with E-state index in [2.05, 4.69) is 25.8 Å². The number of hydrazone groups is 1. The minimum Gasteiger partial charge on any atom is -0.332 e. The topological polar surface area (TPSA) is 105 Å². The highest BCUT2D eigenvalue weighted by atomic mass is 19.4. The molecule has 0 fully saturated rings. The molecule has 1 amide bonds. The van der Waals surface area contributed by atoms with E-state index in [4.69, 9.17) is 0 Å². The van der Waals surface area contributed by atoms with E-state index < -0.39 is 23.3 Å². The van der Waals surface area contributed by atoms with Crippen molar-refractivity contribution in [2.75, 3.05) is 5.32 Å². The van der Waals surface area contributed by atoms with Gasteiger partial charge in [-0.2, -0.15) is 18.3 Å². The lowest BCUT2D eigenvalue weighted by Crippen LogP contribution is -2.35. The molecule has 12 heteroatoms. The summed E-state index contributed by atoms with van der Waals surface area (Å²) < 4.78 is 39.7. The highest BCUT2D eigenvalue weighted by Gasteiger charge is 2.32. The van der Waals surface area contributed by atoms with E-state index in [1.807, 2.05) is 18.7 Å². The summed E-state index contributed by atoms with van der Waals surface area (Å²) in [6.07, 6.45) is -0.731. The summed E-state index contributed by atoms with van der Waals surface area (Å²) in [6.45, 7) is 4.01. The number of hydrogen-bond acceptors (Lipinski definition) is 7. The van der Waals surface area contributed by atoms with Crippen LogP contribution in [0.1, 0.15) is 41.8 Å². The maximum absolute atomic E-state index is 13.0. The van der Waals surface area contributed by atoms with E-state index >= 15 is 0 Å². The first-order valence-electron chi connectivity index (χ1n) is 10.6. The van der Waals surface area contributed by atoms with Gasteiger partial charge in [0.05, 0.1) is 5.69 Å². The molecule has 4 heterocycles. The third-order valence-corrected chi connectivity index (χ3v) is 5.39. The molecule has 0 saturated heterocycles. The quantitative estimate of drug-likeness (QED) is 0.574. The summed E-state index contributed by atoms with van der Waals surface area (Å²) in [5.41, 5.74) is 2.47. The first-order valence-corrected chi connectivity index (χ1v) is 10.6. The Balaban J connectivity index is 1.60. The number of amides is 1. The molecule has 0 saturated carbocycles. The van der Waals surface area contributed by atoms with Crippen molar-refractivity contribution in [3.8, 4) is 11.1 Å².